The van der Waals surface area contributed by atoms with Crippen molar-refractivity contribution < 1.29 is 13.4 Å². The molecule has 8 heteroatoms. The first-order valence-corrected chi connectivity index (χ1v) is 12.8. The molecule has 4 rings (SSSR count). The maximum atomic E-state index is 13.8. The van der Waals surface area contributed by atoms with Gasteiger partial charge in [0, 0.05) is 17.7 Å². The summed E-state index contributed by atoms with van der Waals surface area (Å²) in [5.41, 5.74) is 6.38. The van der Waals surface area contributed by atoms with Crippen molar-refractivity contribution in [2.45, 2.75) is 13.3 Å². The van der Waals surface area contributed by atoms with Gasteiger partial charge >= 0.3 is 0 Å². The molecule has 5 nitrogen and oxygen atoms in total. The lowest BCUT2D eigenvalue weighted by Gasteiger charge is -2.18. The number of halogens is 2. The summed E-state index contributed by atoms with van der Waals surface area (Å²) < 4.78 is 27.2. The summed E-state index contributed by atoms with van der Waals surface area (Å²) in [7, 11) is -1.42. The molecule has 0 spiro atoms. The Morgan fingerprint density at radius 1 is 1.11 bits per heavy atom. The second kappa shape index (κ2) is 10.8. The van der Waals surface area contributed by atoms with E-state index in [0.717, 1.165) is 44.3 Å². The fourth-order valence-electron chi connectivity index (χ4n) is 3.96. The lowest BCUT2D eigenvalue weighted by Crippen LogP contribution is -2.22. The van der Waals surface area contributed by atoms with Gasteiger partial charge in [0.25, 0.3) is 5.91 Å². The van der Waals surface area contributed by atoms with Crippen LogP contribution >= 0.6 is 11.6 Å². The van der Waals surface area contributed by atoms with Crippen molar-refractivity contribution in [2.24, 2.45) is 0 Å². The second-order valence-corrected chi connectivity index (χ2v) is 9.40. The molecule has 4 aromatic rings. The summed E-state index contributed by atoms with van der Waals surface area (Å²) in [5.74, 6) is -0.814. The minimum atomic E-state index is -1.42. The molecular formula is C27H23ClFN3O2S. The number of nitrogens with one attached hydrogen (secondary N) is 2. The minimum Gasteiger partial charge on any atom is -0.278 e. The number of hydrogen-bond donors (Lipinski definition) is 2. The molecule has 0 aliphatic rings. The van der Waals surface area contributed by atoms with Gasteiger partial charge < -0.3 is 0 Å². The molecule has 1 atom stereocenters. The Balaban J connectivity index is 1.83. The summed E-state index contributed by atoms with van der Waals surface area (Å²) in [6.07, 6.45) is 6.84. The van der Waals surface area contributed by atoms with E-state index < -0.39 is 16.9 Å². The highest BCUT2D eigenvalue weighted by molar-refractivity contribution is 7.82. The third kappa shape index (κ3) is 5.75. The SMILES string of the molecule is CC/C(=C(/c1ccc(/C=C/C(=O)NS(C)=O)cc1)c1ccc2[nH]ncc2c1)c1ccc(F)cc1Cl. The monoisotopic (exact) mass is 507 g/mol. The Labute approximate surface area is 210 Å². The molecule has 0 saturated carbocycles. The molecule has 178 valence electrons. The number of H-pyrrole nitrogens is 1. The maximum Gasteiger partial charge on any atom is 0.255 e. The van der Waals surface area contributed by atoms with Crippen LogP contribution in [0.15, 0.2) is 72.9 Å². The number of benzene rings is 3. The average Bonchev–Trinajstić information content (AvgIpc) is 3.30. The highest BCUT2D eigenvalue weighted by Gasteiger charge is 2.16. The number of aromatic nitrogens is 2. The number of allylic oxidation sites excluding steroid dienone is 1. The average molecular weight is 508 g/mol. The number of rotatable bonds is 7. The molecule has 2 N–H and O–H groups in total. The van der Waals surface area contributed by atoms with E-state index in [4.69, 9.17) is 11.6 Å². The number of carbonyl (C=O) groups excluding carboxylic acids is 1. The van der Waals surface area contributed by atoms with Crippen LogP contribution in [-0.4, -0.2) is 26.6 Å². The van der Waals surface area contributed by atoms with Gasteiger partial charge in [0.1, 0.15) is 16.8 Å². The van der Waals surface area contributed by atoms with E-state index in [2.05, 4.69) is 21.0 Å². The van der Waals surface area contributed by atoms with E-state index >= 15 is 0 Å². The number of hydrogen-bond acceptors (Lipinski definition) is 3. The van der Waals surface area contributed by atoms with Crippen LogP contribution < -0.4 is 4.72 Å². The molecule has 0 aliphatic heterocycles. The summed E-state index contributed by atoms with van der Waals surface area (Å²) in [5, 5.41) is 8.41. The topological polar surface area (TPSA) is 74.8 Å². The number of aromatic amines is 1. The van der Waals surface area contributed by atoms with Crippen molar-refractivity contribution in [2.75, 3.05) is 6.26 Å². The molecule has 1 unspecified atom stereocenters. The molecule has 0 radical (unpaired) electrons. The van der Waals surface area contributed by atoms with E-state index in [1.807, 2.05) is 43.3 Å². The fourth-order valence-corrected chi connectivity index (χ4v) is 4.59. The van der Waals surface area contributed by atoms with Crippen molar-refractivity contribution in [3.8, 4) is 0 Å². The number of amides is 1. The van der Waals surface area contributed by atoms with Gasteiger partial charge in [-0.15, -0.1) is 0 Å². The Kier molecular flexibility index (Phi) is 7.58. The third-order valence-electron chi connectivity index (χ3n) is 5.51. The molecule has 1 heterocycles. The van der Waals surface area contributed by atoms with Crippen LogP contribution in [-0.2, 0) is 15.8 Å². The minimum absolute atomic E-state index is 0.350. The van der Waals surface area contributed by atoms with E-state index in [9.17, 15) is 13.4 Å². The zero-order valence-electron chi connectivity index (χ0n) is 19.1. The molecule has 0 bridgehead atoms. The van der Waals surface area contributed by atoms with E-state index in [0.29, 0.717) is 11.4 Å². The lowest BCUT2D eigenvalue weighted by atomic mass is 9.87. The van der Waals surface area contributed by atoms with Gasteiger partial charge in [-0.25, -0.2) is 8.60 Å². The van der Waals surface area contributed by atoms with Crippen LogP contribution in [0.2, 0.25) is 5.02 Å². The summed E-state index contributed by atoms with van der Waals surface area (Å²) in [6.45, 7) is 2.04. The Morgan fingerprint density at radius 2 is 1.86 bits per heavy atom. The van der Waals surface area contributed by atoms with Gasteiger partial charge in [-0.3, -0.25) is 14.6 Å². The standard InChI is InChI=1S/C27H23ClFN3O2S/c1-3-22(23-11-10-21(29)15-24(23)28)27(19-9-12-25-20(14-19)16-30-31-25)18-7-4-17(5-8-18)6-13-26(33)32-35(2)34/h4-16H,3H2,1-2H3,(H,30,31)(H,32,33)/b13-6+,27-22+. The van der Waals surface area contributed by atoms with Crippen molar-refractivity contribution in [3.05, 3.63) is 106 Å². The van der Waals surface area contributed by atoms with Crippen molar-refractivity contribution in [1.29, 1.82) is 0 Å². The second-order valence-electron chi connectivity index (χ2n) is 7.88. The van der Waals surface area contributed by atoms with E-state index in [-0.39, 0.29) is 5.82 Å². The normalized spacial score (nSPS) is 13.1. The molecule has 1 aromatic heterocycles. The number of fused-ring (bicyclic) bond motifs is 1. The summed E-state index contributed by atoms with van der Waals surface area (Å²) >= 11 is 6.47. The maximum absolute atomic E-state index is 13.8. The number of carbonyl (C=O) groups is 1. The zero-order valence-corrected chi connectivity index (χ0v) is 20.7. The quantitative estimate of drug-likeness (QED) is 0.233. The highest BCUT2D eigenvalue weighted by atomic mass is 35.5. The van der Waals surface area contributed by atoms with Crippen molar-refractivity contribution in [3.63, 3.8) is 0 Å². The molecule has 35 heavy (non-hydrogen) atoms. The molecule has 3 aromatic carbocycles. The number of nitrogens with zero attached hydrogens (tertiary/aromatic N) is 1. The van der Waals surface area contributed by atoms with Crippen LogP contribution in [0.4, 0.5) is 4.39 Å². The molecule has 0 fully saturated rings. The Morgan fingerprint density at radius 3 is 2.54 bits per heavy atom. The lowest BCUT2D eigenvalue weighted by molar-refractivity contribution is -0.114. The smallest absolute Gasteiger partial charge is 0.255 e. The third-order valence-corrected chi connectivity index (χ3v) is 6.31. The van der Waals surface area contributed by atoms with Gasteiger partial charge in [0.15, 0.2) is 0 Å². The Hall–Kier alpha value is -3.55. The molecule has 1 amide bonds. The largest absolute Gasteiger partial charge is 0.278 e. The first kappa shape index (κ1) is 24.6. The Bertz CT molecular complexity index is 1480. The first-order valence-electron chi connectivity index (χ1n) is 10.9. The van der Waals surface area contributed by atoms with E-state index in [1.54, 1.807) is 18.3 Å². The van der Waals surface area contributed by atoms with Gasteiger partial charge in [-0.2, -0.15) is 5.10 Å². The summed E-state index contributed by atoms with van der Waals surface area (Å²) in [4.78, 5) is 11.8. The van der Waals surface area contributed by atoms with Crippen LogP contribution in [0.25, 0.3) is 28.1 Å². The molecule has 0 aliphatic carbocycles. The zero-order chi connectivity index (χ0) is 24.9. The van der Waals surface area contributed by atoms with Gasteiger partial charge in [-0.05, 0) is 70.2 Å². The first-order chi connectivity index (χ1) is 16.9. The predicted molar refractivity (Wildman–Crippen MR) is 141 cm³/mol. The van der Waals surface area contributed by atoms with Crippen molar-refractivity contribution in [1.82, 2.24) is 14.9 Å². The molecule has 0 saturated heterocycles. The van der Waals surface area contributed by atoms with Crippen LogP contribution in [0.5, 0.6) is 0 Å². The fraction of sp³-hybridized carbons (Fsp3) is 0.111. The van der Waals surface area contributed by atoms with Crippen molar-refractivity contribution >= 4 is 56.6 Å². The van der Waals surface area contributed by atoms with Gasteiger partial charge in [0.2, 0.25) is 0 Å². The van der Waals surface area contributed by atoms with Crippen LogP contribution in [0.1, 0.15) is 35.6 Å². The van der Waals surface area contributed by atoms with Crippen LogP contribution in [0.3, 0.4) is 0 Å². The summed E-state index contributed by atoms with van der Waals surface area (Å²) in [6, 6.07) is 18.2. The molecular weight excluding hydrogens is 485 g/mol. The van der Waals surface area contributed by atoms with Gasteiger partial charge in [0.05, 0.1) is 16.7 Å². The van der Waals surface area contributed by atoms with Gasteiger partial charge in [-0.1, -0.05) is 54.9 Å². The predicted octanol–water partition coefficient (Wildman–Crippen LogP) is 6.15. The van der Waals surface area contributed by atoms with E-state index in [1.165, 1.54) is 24.5 Å². The highest BCUT2D eigenvalue weighted by Crippen LogP contribution is 2.38. The van der Waals surface area contributed by atoms with Crippen LogP contribution in [0, 0.1) is 5.82 Å².